The number of aliphatic hydroxyl groups is 1. The van der Waals surface area contributed by atoms with Crippen molar-refractivity contribution in [1.29, 1.82) is 0 Å². The van der Waals surface area contributed by atoms with Crippen molar-refractivity contribution in [2.75, 3.05) is 13.2 Å². The minimum atomic E-state index is -0.577. The maximum Gasteiger partial charge on any atom is 0.120 e. The van der Waals surface area contributed by atoms with E-state index in [0.29, 0.717) is 6.54 Å². The van der Waals surface area contributed by atoms with Crippen molar-refractivity contribution < 1.29 is 9.84 Å². The Morgan fingerprint density at radius 2 is 2.32 bits per heavy atom. The number of terminal acetylenes is 1. The van der Waals surface area contributed by atoms with Gasteiger partial charge in [0, 0.05) is 11.0 Å². The van der Waals surface area contributed by atoms with Crippen molar-refractivity contribution in [2.24, 2.45) is 0 Å². The minimum absolute atomic E-state index is 0.0190. The first-order valence-electron chi connectivity index (χ1n) is 6.41. The average molecular weight is 326 g/mol. The molecule has 19 heavy (non-hydrogen) atoms. The van der Waals surface area contributed by atoms with Crippen LogP contribution in [0.5, 0.6) is 5.75 Å². The molecule has 0 bridgehead atoms. The molecule has 0 saturated heterocycles. The van der Waals surface area contributed by atoms with Crippen LogP contribution in [0.4, 0.5) is 0 Å². The van der Waals surface area contributed by atoms with Gasteiger partial charge in [0.1, 0.15) is 18.5 Å². The van der Waals surface area contributed by atoms with Crippen LogP contribution in [0.1, 0.15) is 19.8 Å². The zero-order chi connectivity index (χ0) is 14.1. The molecule has 0 aliphatic heterocycles. The van der Waals surface area contributed by atoms with E-state index in [1.807, 2.05) is 24.3 Å². The highest BCUT2D eigenvalue weighted by Gasteiger charge is 2.09. The lowest BCUT2D eigenvalue weighted by atomic mass is 10.2. The van der Waals surface area contributed by atoms with Crippen molar-refractivity contribution in [3.05, 3.63) is 28.7 Å². The molecular weight excluding hydrogens is 306 g/mol. The van der Waals surface area contributed by atoms with Crippen LogP contribution in [0.15, 0.2) is 28.7 Å². The van der Waals surface area contributed by atoms with Gasteiger partial charge in [-0.05, 0) is 24.6 Å². The fraction of sp³-hybridized carbons (Fsp3) is 0.467. The molecule has 2 atom stereocenters. The number of benzene rings is 1. The summed E-state index contributed by atoms with van der Waals surface area (Å²) in [5.41, 5.74) is 0. The van der Waals surface area contributed by atoms with E-state index >= 15 is 0 Å². The average Bonchev–Trinajstić information content (AvgIpc) is 2.41. The number of rotatable bonds is 8. The largest absolute Gasteiger partial charge is 0.491 e. The molecule has 104 valence electrons. The van der Waals surface area contributed by atoms with Crippen LogP contribution in [0.25, 0.3) is 0 Å². The van der Waals surface area contributed by atoms with Crippen molar-refractivity contribution in [2.45, 2.75) is 31.9 Å². The highest BCUT2D eigenvalue weighted by atomic mass is 79.9. The number of hydrogen-bond donors (Lipinski definition) is 2. The van der Waals surface area contributed by atoms with Crippen LogP contribution in [0.2, 0.25) is 0 Å². The summed E-state index contributed by atoms with van der Waals surface area (Å²) in [6, 6.07) is 7.55. The van der Waals surface area contributed by atoms with Crippen LogP contribution >= 0.6 is 15.9 Å². The number of aliphatic hydroxyl groups excluding tert-OH is 1. The molecule has 0 amide bonds. The second-order valence-electron chi connectivity index (χ2n) is 4.34. The summed E-state index contributed by atoms with van der Waals surface area (Å²) in [6.45, 7) is 2.76. The standard InChI is InChI=1S/C15H20BrNO2/c1-3-6-13(4-2)17-10-14(18)11-19-15-8-5-7-12(16)9-15/h2,5,7-9,13-14,17-18H,3,6,10-11H2,1H3. The molecule has 0 aromatic heterocycles. The lowest BCUT2D eigenvalue weighted by Gasteiger charge is -2.16. The molecule has 2 unspecified atom stereocenters. The lowest BCUT2D eigenvalue weighted by molar-refractivity contribution is 0.105. The normalized spacial score (nSPS) is 13.6. The van der Waals surface area contributed by atoms with E-state index in [0.717, 1.165) is 23.1 Å². The molecule has 1 rings (SSSR count). The monoisotopic (exact) mass is 325 g/mol. The molecule has 0 aliphatic carbocycles. The third-order valence-electron chi connectivity index (χ3n) is 2.62. The first-order valence-corrected chi connectivity index (χ1v) is 7.21. The van der Waals surface area contributed by atoms with Crippen LogP contribution in [0, 0.1) is 12.3 Å². The van der Waals surface area contributed by atoms with Gasteiger partial charge in [0.25, 0.3) is 0 Å². The van der Waals surface area contributed by atoms with Crippen LogP contribution < -0.4 is 10.1 Å². The molecule has 1 aromatic rings. The third kappa shape index (κ3) is 6.63. The maximum atomic E-state index is 9.82. The van der Waals surface area contributed by atoms with Crippen LogP contribution in [-0.4, -0.2) is 30.4 Å². The van der Waals surface area contributed by atoms with E-state index < -0.39 is 6.10 Å². The molecule has 0 heterocycles. The Morgan fingerprint density at radius 1 is 1.53 bits per heavy atom. The highest BCUT2D eigenvalue weighted by molar-refractivity contribution is 9.10. The van der Waals surface area contributed by atoms with Crippen molar-refractivity contribution >= 4 is 15.9 Å². The Hall–Kier alpha value is -1.02. The number of hydrogen-bond acceptors (Lipinski definition) is 3. The van der Waals surface area contributed by atoms with Gasteiger partial charge in [0.2, 0.25) is 0 Å². The summed E-state index contributed by atoms with van der Waals surface area (Å²) >= 11 is 3.37. The quantitative estimate of drug-likeness (QED) is 0.722. The number of ether oxygens (including phenoxy) is 1. The fourth-order valence-electron chi connectivity index (χ4n) is 1.62. The Balaban J connectivity index is 2.28. The van der Waals surface area contributed by atoms with Gasteiger partial charge in [0.05, 0.1) is 6.04 Å². The highest BCUT2D eigenvalue weighted by Crippen LogP contribution is 2.17. The number of nitrogens with one attached hydrogen (secondary N) is 1. The fourth-order valence-corrected chi connectivity index (χ4v) is 2.00. The molecule has 4 heteroatoms. The Labute approximate surface area is 123 Å². The summed E-state index contributed by atoms with van der Waals surface area (Å²) in [4.78, 5) is 0. The second-order valence-corrected chi connectivity index (χ2v) is 5.25. The van der Waals surface area contributed by atoms with Gasteiger partial charge in [0.15, 0.2) is 0 Å². The topological polar surface area (TPSA) is 41.5 Å². The smallest absolute Gasteiger partial charge is 0.120 e. The van der Waals surface area contributed by atoms with Gasteiger partial charge >= 0.3 is 0 Å². The molecule has 0 aliphatic rings. The van der Waals surface area contributed by atoms with Gasteiger partial charge in [-0.2, -0.15) is 0 Å². The molecular formula is C15H20BrNO2. The zero-order valence-electron chi connectivity index (χ0n) is 11.1. The van der Waals surface area contributed by atoms with Gasteiger partial charge in [-0.3, -0.25) is 0 Å². The molecule has 1 aromatic carbocycles. The molecule has 3 nitrogen and oxygen atoms in total. The summed E-state index contributed by atoms with van der Waals surface area (Å²) < 4.78 is 6.45. The predicted octanol–water partition coefficient (Wildman–Crippen LogP) is 2.58. The van der Waals surface area contributed by atoms with E-state index in [9.17, 15) is 5.11 Å². The van der Waals surface area contributed by atoms with Crippen molar-refractivity contribution in [3.8, 4) is 18.1 Å². The number of halogens is 1. The molecule has 0 saturated carbocycles. The Morgan fingerprint density at radius 3 is 2.95 bits per heavy atom. The van der Waals surface area contributed by atoms with Crippen LogP contribution in [0.3, 0.4) is 0 Å². The third-order valence-corrected chi connectivity index (χ3v) is 3.11. The summed E-state index contributed by atoms with van der Waals surface area (Å²) in [5.74, 6) is 3.40. The zero-order valence-corrected chi connectivity index (χ0v) is 12.7. The second kappa shape index (κ2) is 8.98. The molecule has 2 N–H and O–H groups in total. The van der Waals surface area contributed by atoms with Gasteiger partial charge in [-0.15, -0.1) is 6.42 Å². The van der Waals surface area contributed by atoms with Crippen molar-refractivity contribution in [1.82, 2.24) is 5.32 Å². The molecule has 0 fully saturated rings. The predicted molar refractivity (Wildman–Crippen MR) is 81.2 cm³/mol. The Bertz CT molecular complexity index is 417. The van der Waals surface area contributed by atoms with Gasteiger partial charge in [-0.25, -0.2) is 0 Å². The van der Waals surface area contributed by atoms with Crippen LogP contribution in [-0.2, 0) is 0 Å². The first kappa shape index (κ1) is 16.0. The molecule has 0 spiro atoms. The SMILES string of the molecule is C#CC(CCC)NCC(O)COc1cccc(Br)c1. The first-order chi connectivity index (χ1) is 9.15. The lowest BCUT2D eigenvalue weighted by Crippen LogP contribution is -2.37. The van der Waals surface area contributed by atoms with E-state index in [2.05, 4.69) is 34.1 Å². The summed E-state index contributed by atoms with van der Waals surface area (Å²) in [6.07, 6.45) is 6.75. The van der Waals surface area contributed by atoms with Crippen molar-refractivity contribution in [3.63, 3.8) is 0 Å². The van der Waals surface area contributed by atoms with E-state index in [1.165, 1.54) is 0 Å². The molecule has 0 radical (unpaired) electrons. The minimum Gasteiger partial charge on any atom is -0.491 e. The van der Waals surface area contributed by atoms with Gasteiger partial charge < -0.3 is 15.2 Å². The van der Waals surface area contributed by atoms with E-state index in [-0.39, 0.29) is 12.6 Å². The van der Waals surface area contributed by atoms with Gasteiger partial charge in [-0.1, -0.05) is 41.3 Å². The maximum absolute atomic E-state index is 9.82. The Kier molecular flexibility index (Phi) is 7.57. The summed E-state index contributed by atoms with van der Waals surface area (Å²) in [7, 11) is 0. The van der Waals surface area contributed by atoms with E-state index in [1.54, 1.807) is 0 Å². The summed E-state index contributed by atoms with van der Waals surface area (Å²) in [5, 5.41) is 13.0. The van der Waals surface area contributed by atoms with E-state index in [4.69, 9.17) is 11.2 Å².